The fraction of sp³-hybridized carbons (Fsp3) is 0.379. The van der Waals surface area contributed by atoms with Crippen molar-refractivity contribution in [2.75, 3.05) is 39.1 Å². The lowest BCUT2D eigenvalue weighted by Gasteiger charge is -2.20. The molecule has 8 heteroatoms. The Kier molecular flexibility index (Phi) is 10.3. The number of carbonyl (C=O) groups is 2. The Balaban J connectivity index is 1.49. The van der Waals surface area contributed by atoms with Crippen molar-refractivity contribution in [2.24, 2.45) is 0 Å². The van der Waals surface area contributed by atoms with Crippen LogP contribution >= 0.6 is 15.9 Å². The first-order valence-corrected chi connectivity index (χ1v) is 13.3. The molecule has 0 aliphatic rings. The number of nitrogen functional groups attached to an aromatic ring is 1. The Hall–Kier alpha value is -3.10. The van der Waals surface area contributed by atoms with Gasteiger partial charge in [0.2, 0.25) is 0 Å². The first-order chi connectivity index (χ1) is 17.8. The zero-order valence-corrected chi connectivity index (χ0v) is 23.5. The van der Waals surface area contributed by atoms with Crippen molar-refractivity contribution in [1.82, 2.24) is 4.90 Å². The van der Waals surface area contributed by atoms with Crippen molar-refractivity contribution in [3.05, 3.63) is 69.7 Å². The molecule has 2 N–H and O–H groups in total. The first kappa shape index (κ1) is 28.5. The fourth-order valence-corrected chi connectivity index (χ4v) is 4.49. The van der Waals surface area contributed by atoms with Gasteiger partial charge in [-0.2, -0.15) is 0 Å². The van der Waals surface area contributed by atoms with E-state index in [4.69, 9.17) is 19.9 Å². The number of anilines is 1. The van der Waals surface area contributed by atoms with Gasteiger partial charge in [-0.1, -0.05) is 38.1 Å². The summed E-state index contributed by atoms with van der Waals surface area (Å²) in [4.78, 5) is 27.4. The third kappa shape index (κ3) is 7.46. The average Bonchev–Trinajstić information content (AvgIpc) is 2.92. The van der Waals surface area contributed by atoms with Crippen molar-refractivity contribution in [3.8, 4) is 5.75 Å². The molecule has 3 aromatic carbocycles. The number of methoxy groups -OCH3 is 1. The molecule has 3 aromatic rings. The standard InChI is InChI=1S/C29H35BrN2O5/c1-5-32(6-2)18-24-15-23(17-26(30)27(24)31)29(34)37-13-7-12-36-28(33)19(3)20-8-9-22-16-25(35-4)11-10-21(22)14-20/h8-11,14-17,19H,5-7,12-13,18,31H2,1-4H3. The molecule has 0 aromatic heterocycles. The number of halogens is 1. The Morgan fingerprint density at radius 1 is 0.973 bits per heavy atom. The molecule has 1 atom stereocenters. The Bertz CT molecular complexity index is 1240. The number of hydrogen-bond donors (Lipinski definition) is 1. The SMILES string of the molecule is CCN(CC)Cc1cc(C(=O)OCCCOC(=O)C(C)c2ccc3cc(OC)ccc3c2)cc(Br)c1N. The van der Waals surface area contributed by atoms with Crippen molar-refractivity contribution in [2.45, 2.75) is 39.7 Å². The third-order valence-corrected chi connectivity index (χ3v) is 7.09. The molecule has 7 nitrogen and oxygen atoms in total. The second-order valence-electron chi connectivity index (χ2n) is 8.84. The van der Waals surface area contributed by atoms with E-state index < -0.39 is 11.9 Å². The highest BCUT2D eigenvalue weighted by Crippen LogP contribution is 2.28. The number of esters is 2. The number of rotatable bonds is 12. The number of carbonyl (C=O) groups excluding carboxylic acids is 2. The fourth-order valence-electron chi connectivity index (χ4n) is 3.99. The number of hydrogen-bond acceptors (Lipinski definition) is 7. The van der Waals surface area contributed by atoms with Crippen molar-refractivity contribution >= 4 is 44.3 Å². The Morgan fingerprint density at radius 3 is 2.35 bits per heavy atom. The van der Waals surface area contributed by atoms with E-state index in [2.05, 4.69) is 34.7 Å². The summed E-state index contributed by atoms with van der Waals surface area (Å²) in [6, 6.07) is 15.2. The average molecular weight is 572 g/mol. The highest BCUT2D eigenvalue weighted by atomic mass is 79.9. The third-order valence-electron chi connectivity index (χ3n) is 6.43. The molecule has 0 bridgehead atoms. The molecule has 0 fully saturated rings. The molecular weight excluding hydrogens is 536 g/mol. The molecule has 0 spiro atoms. The number of benzene rings is 3. The summed E-state index contributed by atoms with van der Waals surface area (Å²) in [5.41, 5.74) is 9.01. The Labute approximate surface area is 227 Å². The van der Waals surface area contributed by atoms with Crippen molar-refractivity contribution < 1.29 is 23.8 Å². The van der Waals surface area contributed by atoms with Crippen LogP contribution in [0, 0.1) is 0 Å². The minimum Gasteiger partial charge on any atom is -0.497 e. The molecule has 0 amide bonds. The molecule has 0 aliphatic carbocycles. The highest BCUT2D eigenvalue weighted by molar-refractivity contribution is 9.10. The van der Waals surface area contributed by atoms with Gasteiger partial charge in [-0.3, -0.25) is 9.69 Å². The van der Waals surface area contributed by atoms with Gasteiger partial charge in [0.25, 0.3) is 0 Å². The molecule has 37 heavy (non-hydrogen) atoms. The molecule has 198 valence electrons. The first-order valence-electron chi connectivity index (χ1n) is 12.5. The van der Waals surface area contributed by atoms with E-state index in [-0.39, 0.29) is 19.2 Å². The zero-order chi connectivity index (χ0) is 26.9. The minimum absolute atomic E-state index is 0.145. The van der Waals surface area contributed by atoms with Gasteiger partial charge >= 0.3 is 11.9 Å². The van der Waals surface area contributed by atoms with Gasteiger partial charge in [0.05, 0.1) is 37.5 Å². The normalized spacial score (nSPS) is 11.9. The van der Waals surface area contributed by atoms with Gasteiger partial charge in [0.1, 0.15) is 5.75 Å². The van der Waals surface area contributed by atoms with Crippen LogP contribution in [0.2, 0.25) is 0 Å². The maximum absolute atomic E-state index is 12.6. The van der Waals surface area contributed by atoms with Crippen molar-refractivity contribution in [1.29, 1.82) is 0 Å². The molecule has 1 unspecified atom stereocenters. The lowest BCUT2D eigenvalue weighted by Crippen LogP contribution is -2.23. The molecule has 3 rings (SSSR count). The maximum Gasteiger partial charge on any atom is 0.338 e. The van der Waals surface area contributed by atoms with Crippen LogP contribution < -0.4 is 10.5 Å². The monoisotopic (exact) mass is 570 g/mol. The summed E-state index contributed by atoms with van der Waals surface area (Å²) >= 11 is 3.45. The smallest absolute Gasteiger partial charge is 0.338 e. The van der Waals surface area contributed by atoms with E-state index in [1.54, 1.807) is 19.2 Å². The van der Waals surface area contributed by atoms with Crippen LogP contribution in [-0.2, 0) is 20.8 Å². The van der Waals surface area contributed by atoms with E-state index in [1.165, 1.54) is 0 Å². The summed E-state index contributed by atoms with van der Waals surface area (Å²) in [5.74, 6) is -0.375. The largest absolute Gasteiger partial charge is 0.497 e. The number of fused-ring (bicyclic) bond motifs is 1. The maximum atomic E-state index is 12.6. The van der Waals surface area contributed by atoms with Crippen LogP contribution in [-0.4, -0.2) is 50.3 Å². The molecule has 0 aliphatic heterocycles. The van der Waals surface area contributed by atoms with Crippen molar-refractivity contribution in [3.63, 3.8) is 0 Å². The van der Waals surface area contributed by atoms with E-state index >= 15 is 0 Å². The van der Waals surface area contributed by atoms with Crippen LogP contribution in [0.4, 0.5) is 5.69 Å². The summed E-state index contributed by atoms with van der Waals surface area (Å²) < 4.78 is 16.8. The Morgan fingerprint density at radius 2 is 1.65 bits per heavy atom. The zero-order valence-electron chi connectivity index (χ0n) is 21.9. The molecule has 0 saturated carbocycles. The van der Waals surface area contributed by atoms with Crippen LogP contribution in [0.1, 0.15) is 54.6 Å². The summed E-state index contributed by atoms with van der Waals surface area (Å²) in [5, 5.41) is 2.07. The van der Waals surface area contributed by atoms with E-state index in [0.29, 0.717) is 28.7 Å². The van der Waals surface area contributed by atoms with Gasteiger partial charge in [-0.05, 0) is 82.1 Å². The van der Waals surface area contributed by atoms with Gasteiger partial charge < -0.3 is 19.9 Å². The highest BCUT2D eigenvalue weighted by Gasteiger charge is 2.18. The number of ether oxygens (including phenoxy) is 3. The predicted molar refractivity (Wildman–Crippen MR) is 150 cm³/mol. The lowest BCUT2D eigenvalue weighted by atomic mass is 9.98. The molecular formula is C29H35BrN2O5. The van der Waals surface area contributed by atoms with Gasteiger partial charge in [-0.25, -0.2) is 4.79 Å². The van der Waals surface area contributed by atoms with Crippen LogP contribution in [0.5, 0.6) is 5.75 Å². The topological polar surface area (TPSA) is 91.1 Å². The number of nitrogens with two attached hydrogens (primary N) is 1. The van der Waals surface area contributed by atoms with E-state index in [9.17, 15) is 9.59 Å². The van der Waals surface area contributed by atoms with Crippen LogP contribution in [0.3, 0.4) is 0 Å². The molecule has 0 heterocycles. The van der Waals surface area contributed by atoms with E-state index in [1.807, 2.05) is 43.3 Å². The summed E-state index contributed by atoms with van der Waals surface area (Å²) in [6.07, 6.45) is 0.407. The van der Waals surface area contributed by atoms with Gasteiger partial charge in [-0.15, -0.1) is 0 Å². The summed E-state index contributed by atoms with van der Waals surface area (Å²) in [6.45, 7) is 8.72. The molecule has 0 saturated heterocycles. The second-order valence-corrected chi connectivity index (χ2v) is 9.70. The quantitative estimate of drug-likeness (QED) is 0.164. The number of nitrogens with zero attached hydrogens (tertiary/aromatic N) is 1. The van der Waals surface area contributed by atoms with Crippen LogP contribution in [0.15, 0.2) is 53.0 Å². The predicted octanol–water partition coefficient (Wildman–Crippen LogP) is 5.93. The van der Waals surface area contributed by atoms with E-state index in [0.717, 1.165) is 40.7 Å². The van der Waals surface area contributed by atoms with Crippen LogP contribution in [0.25, 0.3) is 10.8 Å². The summed E-state index contributed by atoms with van der Waals surface area (Å²) in [7, 11) is 1.63. The second kappa shape index (κ2) is 13.4. The van der Waals surface area contributed by atoms with Gasteiger partial charge in [0.15, 0.2) is 0 Å². The minimum atomic E-state index is -0.436. The molecule has 0 radical (unpaired) electrons. The van der Waals surface area contributed by atoms with Gasteiger partial charge in [0, 0.05) is 17.4 Å². The lowest BCUT2D eigenvalue weighted by molar-refractivity contribution is -0.145.